The van der Waals surface area contributed by atoms with E-state index >= 15 is 0 Å². The Morgan fingerprint density at radius 2 is 1.87 bits per heavy atom. The van der Waals surface area contributed by atoms with Gasteiger partial charge in [-0.15, -0.1) is 0 Å². The van der Waals surface area contributed by atoms with Crippen LogP contribution in [0, 0.1) is 0 Å². The second kappa shape index (κ2) is 6.27. The highest BCUT2D eigenvalue weighted by atomic mass is 16.3. The van der Waals surface area contributed by atoms with Gasteiger partial charge in [-0.05, 0) is 37.1 Å². The summed E-state index contributed by atoms with van der Waals surface area (Å²) >= 11 is 0. The molecule has 4 nitrogen and oxygen atoms in total. The van der Waals surface area contributed by atoms with Crippen molar-refractivity contribution in [2.24, 2.45) is 0 Å². The predicted molar refractivity (Wildman–Crippen MR) is 57.8 cm³/mol. The van der Waals surface area contributed by atoms with Crippen molar-refractivity contribution in [2.45, 2.75) is 19.4 Å². The van der Waals surface area contributed by atoms with Gasteiger partial charge in [-0.3, -0.25) is 0 Å². The quantitative estimate of drug-likeness (QED) is 0.418. The molecule has 4 heteroatoms. The highest BCUT2D eigenvalue weighted by Gasteiger charge is 1.99. The second-order valence-corrected chi connectivity index (χ2v) is 3.43. The van der Waals surface area contributed by atoms with Crippen LogP contribution in [0.3, 0.4) is 0 Å². The molecule has 84 valence electrons. The van der Waals surface area contributed by atoms with Gasteiger partial charge in [0.25, 0.3) is 0 Å². The van der Waals surface area contributed by atoms with Crippen LogP contribution in [0.2, 0.25) is 0 Å². The number of hydrogen-bond donors (Lipinski definition) is 4. The van der Waals surface area contributed by atoms with Crippen LogP contribution in [0.4, 0.5) is 0 Å². The third kappa shape index (κ3) is 4.18. The molecule has 1 rings (SSSR count). The topological polar surface area (TPSA) is 72.7 Å². The maximum absolute atomic E-state index is 9.23. The first-order valence-electron chi connectivity index (χ1n) is 5.06. The lowest BCUT2D eigenvalue weighted by molar-refractivity contribution is 0.283. The van der Waals surface area contributed by atoms with Crippen molar-refractivity contribution in [3.8, 4) is 11.5 Å². The van der Waals surface area contributed by atoms with Gasteiger partial charge < -0.3 is 20.6 Å². The van der Waals surface area contributed by atoms with Crippen LogP contribution < -0.4 is 5.32 Å². The molecule has 4 N–H and O–H groups in total. The lowest BCUT2D eigenvalue weighted by Gasteiger charge is -2.05. The molecular formula is C11H17NO3. The van der Waals surface area contributed by atoms with Crippen molar-refractivity contribution in [2.75, 3.05) is 13.2 Å². The number of rotatable bonds is 6. The first-order chi connectivity index (χ1) is 7.24. The zero-order valence-electron chi connectivity index (χ0n) is 8.61. The van der Waals surface area contributed by atoms with Gasteiger partial charge in [0, 0.05) is 13.2 Å². The predicted octanol–water partition coefficient (Wildman–Crippen LogP) is 0.960. The Labute approximate surface area is 89.2 Å². The average Bonchev–Trinajstić information content (AvgIpc) is 2.23. The molecule has 0 aromatic heterocycles. The van der Waals surface area contributed by atoms with Gasteiger partial charge in [-0.2, -0.15) is 0 Å². The molecule has 0 spiro atoms. The highest BCUT2D eigenvalue weighted by Crippen LogP contribution is 2.24. The number of phenolic OH excluding ortho intramolecular Hbond substituents is 2. The van der Waals surface area contributed by atoms with Crippen LogP contribution in [0.5, 0.6) is 11.5 Å². The first-order valence-corrected chi connectivity index (χ1v) is 5.06. The van der Waals surface area contributed by atoms with E-state index in [1.165, 1.54) is 12.1 Å². The third-order valence-electron chi connectivity index (χ3n) is 2.13. The summed E-state index contributed by atoms with van der Waals surface area (Å²) in [6, 6.07) is 4.77. The molecule has 0 aliphatic rings. The van der Waals surface area contributed by atoms with Crippen molar-refractivity contribution in [1.82, 2.24) is 5.32 Å². The van der Waals surface area contributed by atoms with Crippen LogP contribution in [0.15, 0.2) is 18.2 Å². The van der Waals surface area contributed by atoms with E-state index in [1.54, 1.807) is 6.07 Å². The largest absolute Gasteiger partial charge is 0.504 e. The van der Waals surface area contributed by atoms with E-state index in [9.17, 15) is 5.11 Å². The van der Waals surface area contributed by atoms with Gasteiger partial charge in [-0.1, -0.05) is 6.07 Å². The van der Waals surface area contributed by atoms with E-state index in [4.69, 9.17) is 10.2 Å². The van der Waals surface area contributed by atoms with Crippen LogP contribution in [-0.4, -0.2) is 28.5 Å². The van der Waals surface area contributed by atoms with E-state index in [-0.39, 0.29) is 18.1 Å². The van der Waals surface area contributed by atoms with E-state index in [2.05, 4.69) is 5.32 Å². The van der Waals surface area contributed by atoms with Gasteiger partial charge in [-0.25, -0.2) is 0 Å². The van der Waals surface area contributed by atoms with Gasteiger partial charge in [0.1, 0.15) is 0 Å². The molecule has 1 aromatic rings. The maximum Gasteiger partial charge on any atom is 0.157 e. The van der Waals surface area contributed by atoms with Crippen molar-refractivity contribution in [3.63, 3.8) is 0 Å². The number of benzene rings is 1. The van der Waals surface area contributed by atoms with Gasteiger partial charge in [0.2, 0.25) is 0 Å². The van der Waals surface area contributed by atoms with E-state index in [0.29, 0.717) is 6.54 Å². The summed E-state index contributed by atoms with van der Waals surface area (Å²) in [5.74, 6) is -0.191. The minimum Gasteiger partial charge on any atom is -0.504 e. The Morgan fingerprint density at radius 3 is 2.53 bits per heavy atom. The van der Waals surface area contributed by atoms with Crippen LogP contribution in [0.25, 0.3) is 0 Å². The summed E-state index contributed by atoms with van der Waals surface area (Å²) < 4.78 is 0. The molecule has 0 amide bonds. The standard InChI is InChI=1S/C11H17NO3/c13-6-2-1-5-12-8-9-3-4-10(14)11(15)7-9/h3-4,7,12-15H,1-2,5-6,8H2. The minimum atomic E-state index is -0.0981. The summed E-state index contributed by atoms with van der Waals surface area (Å²) in [5, 5.41) is 30.1. The van der Waals surface area contributed by atoms with E-state index in [0.717, 1.165) is 24.9 Å². The molecule has 0 unspecified atom stereocenters. The molecule has 1 aromatic carbocycles. The Hall–Kier alpha value is -1.26. The highest BCUT2D eigenvalue weighted by molar-refractivity contribution is 5.40. The molecule has 0 saturated carbocycles. The van der Waals surface area contributed by atoms with Crippen molar-refractivity contribution in [3.05, 3.63) is 23.8 Å². The normalized spacial score (nSPS) is 10.5. The number of nitrogens with one attached hydrogen (secondary N) is 1. The molecule has 0 aliphatic carbocycles. The average molecular weight is 211 g/mol. The molecule has 0 fully saturated rings. The Balaban J connectivity index is 2.28. The minimum absolute atomic E-state index is 0.0929. The van der Waals surface area contributed by atoms with Crippen molar-refractivity contribution < 1.29 is 15.3 Å². The van der Waals surface area contributed by atoms with Gasteiger partial charge >= 0.3 is 0 Å². The molecule has 0 heterocycles. The van der Waals surface area contributed by atoms with E-state index in [1.807, 2.05) is 0 Å². The fourth-order valence-electron chi connectivity index (χ4n) is 1.27. The SMILES string of the molecule is OCCCCNCc1ccc(O)c(O)c1. The molecule has 0 radical (unpaired) electrons. The molecule has 0 bridgehead atoms. The summed E-state index contributed by atoms with van der Waals surface area (Å²) in [6.45, 7) is 1.71. The summed E-state index contributed by atoms with van der Waals surface area (Å²) in [7, 11) is 0. The maximum atomic E-state index is 9.23. The van der Waals surface area contributed by atoms with Gasteiger partial charge in [0.05, 0.1) is 0 Å². The van der Waals surface area contributed by atoms with Gasteiger partial charge in [0.15, 0.2) is 11.5 Å². The number of aromatic hydroxyl groups is 2. The smallest absolute Gasteiger partial charge is 0.157 e. The van der Waals surface area contributed by atoms with Crippen LogP contribution in [-0.2, 0) is 6.54 Å². The fourth-order valence-corrected chi connectivity index (χ4v) is 1.27. The first kappa shape index (κ1) is 11.8. The number of aliphatic hydroxyl groups excluding tert-OH is 1. The van der Waals surface area contributed by atoms with Crippen molar-refractivity contribution >= 4 is 0 Å². The number of aliphatic hydroxyl groups is 1. The Bertz CT molecular complexity index is 302. The number of unbranched alkanes of at least 4 members (excludes halogenated alkanes) is 1. The monoisotopic (exact) mass is 211 g/mol. The molecule has 0 atom stereocenters. The molecule has 0 saturated heterocycles. The molecular weight excluding hydrogens is 194 g/mol. The number of phenols is 2. The summed E-state index contributed by atoms with van der Waals surface area (Å²) in [5.41, 5.74) is 0.925. The lowest BCUT2D eigenvalue weighted by Crippen LogP contribution is -2.14. The Morgan fingerprint density at radius 1 is 1.07 bits per heavy atom. The zero-order valence-corrected chi connectivity index (χ0v) is 8.61. The van der Waals surface area contributed by atoms with Crippen LogP contribution in [0.1, 0.15) is 18.4 Å². The van der Waals surface area contributed by atoms with Crippen molar-refractivity contribution in [1.29, 1.82) is 0 Å². The summed E-state index contributed by atoms with van der Waals surface area (Å²) in [4.78, 5) is 0. The Kier molecular flexibility index (Phi) is 4.93. The second-order valence-electron chi connectivity index (χ2n) is 3.43. The third-order valence-corrected chi connectivity index (χ3v) is 2.13. The fraction of sp³-hybridized carbons (Fsp3) is 0.455. The van der Waals surface area contributed by atoms with Crippen LogP contribution >= 0.6 is 0 Å². The zero-order chi connectivity index (χ0) is 11.1. The summed E-state index contributed by atoms with van der Waals surface area (Å²) in [6.07, 6.45) is 1.73. The lowest BCUT2D eigenvalue weighted by atomic mass is 10.2. The molecule has 0 aliphatic heterocycles. The number of hydrogen-bond acceptors (Lipinski definition) is 4. The van der Waals surface area contributed by atoms with E-state index < -0.39 is 0 Å². The molecule has 15 heavy (non-hydrogen) atoms.